The highest BCUT2D eigenvalue weighted by atomic mass is 19.4. The van der Waals surface area contributed by atoms with Crippen molar-refractivity contribution in [2.45, 2.75) is 58.7 Å². The van der Waals surface area contributed by atoms with E-state index in [0.29, 0.717) is 0 Å². The predicted molar refractivity (Wildman–Crippen MR) is 73.4 cm³/mol. The molecule has 0 radical (unpaired) electrons. The van der Waals surface area contributed by atoms with Gasteiger partial charge in [-0.2, -0.15) is 13.2 Å². The van der Waals surface area contributed by atoms with Gasteiger partial charge in [0.15, 0.2) is 0 Å². The zero-order valence-electron chi connectivity index (χ0n) is 12.1. The van der Waals surface area contributed by atoms with Crippen LogP contribution in [0.5, 0.6) is 0 Å². The van der Waals surface area contributed by atoms with E-state index in [-0.39, 0.29) is 17.3 Å². The molecule has 0 spiro atoms. The molecule has 0 fully saturated rings. The van der Waals surface area contributed by atoms with Crippen LogP contribution in [0.2, 0.25) is 0 Å². The lowest BCUT2D eigenvalue weighted by atomic mass is 10.1. The summed E-state index contributed by atoms with van der Waals surface area (Å²) in [6.45, 7) is 5.16. The second-order valence-corrected chi connectivity index (χ2v) is 5.14. The Morgan fingerprint density at radius 2 is 1.85 bits per heavy atom. The summed E-state index contributed by atoms with van der Waals surface area (Å²) in [7, 11) is 0. The molecule has 0 aromatic heterocycles. The van der Waals surface area contributed by atoms with E-state index in [4.69, 9.17) is 0 Å². The molecular weight excluding hydrogens is 270 g/mol. The summed E-state index contributed by atoms with van der Waals surface area (Å²) in [4.78, 5) is 0. The van der Waals surface area contributed by atoms with Crippen LogP contribution in [0.4, 0.5) is 23.2 Å². The molecule has 1 atom stereocenters. The van der Waals surface area contributed by atoms with Gasteiger partial charge in [0, 0.05) is 6.04 Å². The quantitative estimate of drug-likeness (QED) is 0.536. The second-order valence-electron chi connectivity index (χ2n) is 5.14. The zero-order valence-corrected chi connectivity index (χ0v) is 12.1. The van der Waals surface area contributed by atoms with Crippen molar-refractivity contribution in [3.8, 4) is 0 Å². The van der Waals surface area contributed by atoms with Crippen LogP contribution in [0.3, 0.4) is 0 Å². The second kappa shape index (κ2) is 6.95. The summed E-state index contributed by atoms with van der Waals surface area (Å²) in [6.07, 6.45) is -0.434. The number of nitrogens with one attached hydrogen (secondary N) is 1. The number of halogens is 4. The van der Waals surface area contributed by atoms with E-state index in [0.717, 1.165) is 38.7 Å². The molecule has 0 aliphatic heterocycles. The lowest BCUT2D eigenvalue weighted by Gasteiger charge is -2.18. The van der Waals surface area contributed by atoms with E-state index in [1.54, 1.807) is 0 Å². The Balaban J connectivity index is 2.80. The van der Waals surface area contributed by atoms with Gasteiger partial charge in [-0.25, -0.2) is 4.39 Å². The Kier molecular flexibility index (Phi) is 5.84. The smallest absolute Gasteiger partial charge is 0.380 e. The highest BCUT2D eigenvalue weighted by Gasteiger charge is 2.33. The first-order valence-corrected chi connectivity index (χ1v) is 6.90. The fourth-order valence-corrected chi connectivity index (χ4v) is 2.14. The Hall–Kier alpha value is -1.26. The third-order valence-corrected chi connectivity index (χ3v) is 3.33. The molecule has 114 valence electrons. The van der Waals surface area contributed by atoms with Crippen molar-refractivity contribution in [2.24, 2.45) is 0 Å². The van der Waals surface area contributed by atoms with Crippen LogP contribution in [-0.4, -0.2) is 6.04 Å². The lowest BCUT2D eigenvalue weighted by Crippen LogP contribution is -2.17. The molecule has 0 aliphatic carbocycles. The molecule has 0 bridgehead atoms. The molecule has 0 aliphatic rings. The molecule has 5 heteroatoms. The first-order valence-electron chi connectivity index (χ1n) is 6.90. The van der Waals surface area contributed by atoms with Gasteiger partial charge < -0.3 is 5.32 Å². The number of rotatable bonds is 6. The number of alkyl halides is 3. The largest absolute Gasteiger partial charge is 0.416 e. The fraction of sp³-hybridized carbons (Fsp3) is 0.600. The van der Waals surface area contributed by atoms with Crippen LogP contribution < -0.4 is 5.32 Å². The number of anilines is 1. The maximum Gasteiger partial charge on any atom is 0.416 e. The molecule has 1 nitrogen and oxygen atoms in total. The van der Waals surface area contributed by atoms with Crippen LogP contribution in [0, 0.1) is 12.7 Å². The zero-order chi connectivity index (χ0) is 15.3. The van der Waals surface area contributed by atoms with Crippen LogP contribution in [0.1, 0.15) is 50.7 Å². The predicted octanol–water partition coefficient (Wildman–Crippen LogP) is 5.53. The molecule has 0 saturated heterocycles. The van der Waals surface area contributed by atoms with E-state index >= 15 is 0 Å². The van der Waals surface area contributed by atoms with Crippen molar-refractivity contribution in [2.75, 3.05) is 5.32 Å². The van der Waals surface area contributed by atoms with Crippen molar-refractivity contribution in [1.82, 2.24) is 0 Å². The van der Waals surface area contributed by atoms with Gasteiger partial charge in [0.25, 0.3) is 0 Å². The Labute approximate surface area is 117 Å². The summed E-state index contributed by atoms with van der Waals surface area (Å²) in [5.41, 5.74) is -1.14. The molecule has 1 unspecified atom stereocenters. The average Bonchev–Trinajstić information content (AvgIpc) is 2.34. The van der Waals surface area contributed by atoms with Gasteiger partial charge in [-0.15, -0.1) is 0 Å². The van der Waals surface area contributed by atoms with Gasteiger partial charge >= 0.3 is 6.18 Å². The van der Waals surface area contributed by atoms with Crippen molar-refractivity contribution in [3.05, 3.63) is 29.1 Å². The molecule has 1 rings (SSSR count). The maximum absolute atomic E-state index is 14.0. The summed E-state index contributed by atoms with van der Waals surface area (Å²) < 4.78 is 51.9. The molecular formula is C15H21F4N. The fourth-order valence-electron chi connectivity index (χ4n) is 2.14. The molecule has 0 amide bonds. The number of hydrogen-bond donors (Lipinski definition) is 1. The molecule has 0 heterocycles. The Bertz CT molecular complexity index is 440. The minimum Gasteiger partial charge on any atom is -0.380 e. The van der Waals surface area contributed by atoms with E-state index in [9.17, 15) is 17.6 Å². The standard InChI is InChI=1S/C15H21F4N/c1-4-5-6-7-10(2)20-13-9-8-12(15(17,18)19)11(3)14(13)16/h8-10,20H,4-7H2,1-3H3. The first-order chi connectivity index (χ1) is 9.27. The summed E-state index contributed by atoms with van der Waals surface area (Å²) in [6, 6.07) is 2.13. The first kappa shape index (κ1) is 16.8. The van der Waals surface area contributed by atoms with Gasteiger partial charge in [0.2, 0.25) is 0 Å². The summed E-state index contributed by atoms with van der Waals surface area (Å²) >= 11 is 0. The van der Waals surface area contributed by atoms with E-state index in [1.807, 2.05) is 6.92 Å². The highest BCUT2D eigenvalue weighted by molar-refractivity contribution is 5.51. The van der Waals surface area contributed by atoms with Crippen LogP contribution in [0.15, 0.2) is 12.1 Å². The van der Waals surface area contributed by atoms with E-state index in [1.165, 1.54) is 6.07 Å². The minimum atomic E-state index is -4.52. The monoisotopic (exact) mass is 291 g/mol. The number of benzene rings is 1. The van der Waals surface area contributed by atoms with Gasteiger partial charge in [0.1, 0.15) is 5.82 Å². The van der Waals surface area contributed by atoms with Gasteiger partial charge in [-0.05, 0) is 38.0 Å². The van der Waals surface area contributed by atoms with Gasteiger partial charge in [0.05, 0.1) is 11.3 Å². The Morgan fingerprint density at radius 1 is 1.20 bits per heavy atom. The van der Waals surface area contributed by atoms with Gasteiger partial charge in [-0.3, -0.25) is 0 Å². The maximum atomic E-state index is 14.0. The van der Waals surface area contributed by atoms with Gasteiger partial charge in [-0.1, -0.05) is 26.2 Å². The number of hydrogen-bond acceptors (Lipinski definition) is 1. The van der Waals surface area contributed by atoms with Crippen molar-refractivity contribution in [1.29, 1.82) is 0 Å². The SMILES string of the molecule is CCCCCC(C)Nc1ccc(C(F)(F)F)c(C)c1F. The minimum absolute atomic E-state index is 0.0344. The summed E-state index contributed by atoms with van der Waals surface area (Å²) in [5, 5.41) is 2.95. The van der Waals surface area contributed by atoms with Crippen molar-refractivity contribution < 1.29 is 17.6 Å². The van der Waals surface area contributed by atoms with Crippen LogP contribution in [0.25, 0.3) is 0 Å². The third-order valence-electron chi connectivity index (χ3n) is 3.33. The van der Waals surface area contributed by atoms with Crippen LogP contribution >= 0.6 is 0 Å². The normalized spacial score (nSPS) is 13.3. The molecule has 1 N–H and O–H groups in total. The lowest BCUT2D eigenvalue weighted by molar-refractivity contribution is -0.138. The van der Waals surface area contributed by atoms with E-state index in [2.05, 4.69) is 12.2 Å². The van der Waals surface area contributed by atoms with Crippen molar-refractivity contribution >= 4 is 5.69 Å². The molecule has 1 aromatic carbocycles. The Morgan fingerprint density at radius 3 is 2.40 bits per heavy atom. The molecule has 0 saturated carbocycles. The van der Waals surface area contributed by atoms with E-state index < -0.39 is 17.6 Å². The topological polar surface area (TPSA) is 12.0 Å². The highest BCUT2D eigenvalue weighted by Crippen LogP contribution is 2.35. The molecule has 1 aromatic rings. The van der Waals surface area contributed by atoms with Crippen LogP contribution in [-0.2, 0) is 6.18 Å². The van der Waals surface area contributed by atoms with Crippen molar-refractivity contribution in [3.63, 3.8) is 0 Å². The third kappa shape index (κ3) is 4.39. The number of unbranched alkanes of at least 4 members (excludes halogenated alkanes) is 2. The average molecular weight is 291 g/mol. The summed E-state index contributed by atoms with van der Waals surface area (Å²) in [5.74, 6) is -0.817. The molecule has 20 heavy (non-hydrogen) atoms.